The topological polar surface area (TPSA) is 53.7 Å². The molecular weight excluding hydrogens is 276 g/mol. The minimum Gasteiger partial charge on any atom is -0.393 e. The molecule has 1 aromatic carbocycles. The predicted molar refractivity (Wildman–Crippen MR) is 85.9 cm³/mol. The molecule has 5 heteroatoms. The fourth-order valence-electron chi connectivity index (χ4n) is 2.97. The van der Waals surface area contributed by atoms with Gasteiger partial charge in [0.25, 0.3) is 0 Å². The van der Waals surface area contributed by atoms with E-state index in [-0.39, 0.29) is 6.10 Å². The van der Waals surface area contributed by atoms with Crippen molar-refractivity contribution < 1.29 is 5.11 Å². The second-order valence-electron chi connectivity index (χ2n) is 5.69. The van der Waals surface area contributed by atoms with Crippen molar-refractivity contribution in [3.8, 4) is 11.3 Å². The third-order valence-electron chi connectivity index (χ3n) is 4.20. The molecule has 0 spiro atoms. The van der Waals surface area contributed by atoms with Crippen LogP contribution in [0.15, 0.2) is 48.7 Å². The molecular formula is C17H18N4O. The zero-order valence-corrected chi connectivity index (χ0v) is 12.3. The largest absolute Gasteiger partial charge is 0.393 e. The summed E-state index contributed by atoms with van der Waals surface area (Å²) in [7, 11) is 0. The van der Waals surface area contributed by atoms with Crippen molar-refractivity contribution in [1.82, 2.24) is 14.6 Å². The summed E-state index contributed by atoms with van der Waals surface area (Å²) in [4.78, 5) is 6.98. The van der Waals surface area contributed by atoms with Gasteiger partial charge in [-0.1, -0.05) is 30.3 Å². The van der Waals surface area contributed by atoms with E-state index in [4.69, 9.17) is 4.98 Å². The molecule has 3 aromatic rings. The molecule has 0 saturated carbocycles. The van der Waals surface area contributed by atoms with Gasteiger partial charge in [-0.25, -0.2) is 4.98 Å². The van der Waals surface area contributed by atoms with E-state index in [1.54, 1.807) is 6.20 Å². The molecule has 0 atom stereocenters. The summed E-state index contributed by atoms with van der Waals surface area (Å²) < 4.78 is 1.88. The molecule has 0 amide bonds. The number of aliphatic hydroxyl groups excluding tert-OH is 1. The lowest BCUT2D eigenvalue weighted by Crippen LogP contribution is -2.37. The number of anilines is 1. The van der Waals surface area contributed by atoms with Gasteiger partial charge in [0.1, 0.15) is 5.82 Å². The SMILES string of the molecule is OC1CCN(c2cc(-c3ccccc3)nc3ccnn23)CC1. The monoisotopic (exact) mass is 294 g/mol. The fraction of sp³-hybridized carbons (Fsp3) is 0.294. The first-order valence-electron chi connectivity index (χ1n) is 7.64. The van der Waals surface area contributed by atoms with Crippen molar-refractivity contribution >= 4 is 11.5 Å². The summed E-state index contributed by atoms with van der Waals surface area (Å²) in [5, 5.41) is 14.1. The van der Waals surface area contributed by atoms with Crippen molar-refractivity contribution in [2.45, 2.75) is 18.9 Å². The Balaban J connectivity index is 1.81. The van der Waals surface area contributed by atoms with Gasteiger partial charge in [0, 0.05) is 30.8 Å². The molecule has 2 aromatic heterocycles. The van der Waals surface area contributed by atoms with E-state index in [1.165, 1.54) is 0 Å². The minimum atomic E-state index is -0.181. The maximum absolute atomic E-state index is 9.72. The Hall–Kier alpha value is -2.40. The van der Waals surface area contributed by atoms with Gasteiger partial charge in [-0.05, 0) is 12.8 Å². The van der Waals surface area contributed by atoms with Gasteiger partial charge in [-0.15, -0.1) is 0 Å². The second-order valence-corrected chi connectivity index (χ2v) is 5.69. The Bertz CT molecular complexity index is 776. The first kappa shape index (κ1) is 13.3. The van der Waals surface area contributed by atoms with Crippen LogP contribution in [0, 0.1) is 0 Å². The normalized spacial score (nSPS) is 16.3. The van der Waals surface area contributed by atoms with Crippen molar-refractivity contribution in [3.63, 3.8) is 0 Å². The number of fused-ring (bicyclic) bond motifs is 1. The van der Waals surface area contributed by atoms with Crippen LogP contribution in [0.25, 0.3) is 16.9 Å². The number of nitrogens with zero attached hydrogens (tertiary/aromatic N) is 4. The lowest BCUT2D eigenvalue weighted by molar-refractivity contribution is 0.145. The average Bonchev–Trinajstić information content (AvgIpc) is 3.04. The van der Waals surface area contributed by atoms with E-state index in [9.17, 15) is 5.11 Å². The Morgan fingerprint density at radius 3 is 2.59 bits per heavy atom. The summed E-state index contributed by atoms with van der Waals surface area (Å²) in [5.41, 5.74) is 2.90. The zero-order chi connectivity index (χ0) is 14.9. The molecule has 0 unspecified atom stereocenters. The number of hydrogen-bond acceptors (Lipinski definition) is 4. The first-order chi connectivity index (χ1) is 10.8. The van der Waals surface area contributed by atoms with Gasteiger partial charge in [0.05, 0.1) is 18.0 Å². The Morgan fingerprint density at radius 1 is 1.05 bits per heavy atom. The van der Waals surface area contributed by atoms with Gasteiger partial charge < -0.3 is 10.0 Å². The predicted octanol–water partition coefficient (Wildman–Crippen LogP) is 2.36. The van der Waals surface area contributed by atoms with E-state index < -0.39 is 0 Å². The molecule has 1 N–H and O–H groups in total. The standard InChI is InChI=1S/C17H18N4O/c22-14-7-10-20(11-8-14)17-12-15(13-4-2-1-3-5-13)19-16-6-9-18-21(16)17/h1-6,9,12,14,22H,7-8,10-11H2. The van der Waals surface area contributed by atoms with Crippen LogP contribution in [0.4, 0.5) is 5.82 Å². The number of aromatic nitrogens is 3. The van der Waals surface area contributed by atoms with Crippen LogP contribution in [0.1, 0.15) is 12.8 Å². The quantitative estimate of drug-likeness (QED) is 0.788. The molecule has 1 aliphatic rings. The zero-order valence-electron chi connectivity index (χ0n) is 12.3. The van der Waals surface area contributed by atoms with Crippen LogP contribution in [0.5, 0.6) is 0 Å². The van der Waals surface area contributed by atoms with E-state index >= 15 is 0 Å². The Kier molecular flexibility index (Phi) is 3.27. The summed E-state index contributed by atoms with van der Waals surface area (Å²) in [6.07, 6.45) is 3.19. The molecule has 112 valence electrons. The van der Waals surface area contributed by atoms with Gasteiger partial charge in [-0.3, -0.25) is 0 Å². The molecule has 22 heavy (non-hydrogen) atoms. The van der Waals surface area contributed by atoms with E-state index in [0.29, 0.717) is 0 Å². The van der Waals surface area contributed by atoms with Crippen LogP contribution in [-0.4, -0.2) is 38.9 Å². The molecule has 0 radical (unpaired) electrons. The summed E-state index contributed by atoms with van der Waals surface area (Å²) >= 11 is 0. The Labute approximate surface area is 128 Å². The minimum absolute atomic E-state index is 0.181. The van der Waals surface area contributed by atoms with Gasteiger partial charge in [-0.2, -0.15) is 9.61 Å². The van der Waals surface area contributed by atoms with Crippen LogP contribution in [-0.2, 0) is 0 Å². The third-order valence-corrected chi connectivity index (χ3v) is 4.20. The lowest BCUT2D eigenvalue weighted by atomic mass is 10.1. The first-order valence-corrected chi connectivity index (χ1v) is 7.64. The maximum atomic E-state index is 9.72. The highest BCUT2D eigenvalue weighted by Crippen LogP contribution is 2.26. The van der Waals surface area contributed by atoms with Crippen LogP contribution in [0.3, 0.4) is 0 Å². The highest BCUT2D eigenvalue weighted by molar-refractivity contribution is 5.66. The molecule has 1 aliphatic heterocycles. The number of aliphatic hydroxyl groups is 1. The van der Waals surface area contributed by atoms with Gasteiger partial charge >= 0.3 is 0 Å². The lowest BCUT2D eigenvalue weighted by Gasteiger charge is -2.31. The maximum Gasteiger partial charge on any atom is 0.157 e. The molecule has 0 bridgehead atoms. The second kappa shape index (κ2) is 5.42. The number of hydrogen-bond donors (Lipinski definition) is 1. The molecule has 4 rings (SSSR count). The summed E-state index contributed by atoms with van der Waals surface area (Å²) in [5.74, 6) is 1.04. The molecule has 3 heterocycles. The average molecular weight is 294 g/mol. The molecule has 1 saturated heterocycles. The Morgan fingerprint density at radius 2 is 1.82 bits per heavy atom. The number of piperidine rings is 1. The van der Waals surface area contributed by atoms with Crippen molar-refractivity contribution in [2.75, 3.05) is 18.0 Å². The number of rotatable bonds is 2. The number of benzene rings is 1. The van der Waals surface area contributed by atoms with Gasteiger partial charge in [0.15, 0.2) is 5.65 Å². The fourth-order valence-corrected chi connectivity index (χ4v) is 2.97. The van der Waals surface area contributed by atoms with E-state index in [0.717, 1.165) is 48.7 Å². The molecule has 0 aliphatic carbocycles. The summed E-state index contributed by atoms with van der Waals surface area (Å²) in [6.45, 7) is 1.68. The van der Waals surface area contributed by atoms with E-state index in [2.05, 4.69) is 28.2 Å². The van der Waals surface area contributed by atoms with Crippen LogP contribution in [0.2, 0.25) is 0 Å². The van der Waals surface area contributed by atoms with Gasteiger partial charge in [0.2, 0.25) is 0 Å². The molecule has 1 fully saturated rings. The van der Waals surface area contributed by atoms with Crippen molar-refractivity contribution in [1.29, 1.82) is 0 Å². The van der Waals surface area contributed by atoms with E-state index in [1.807, 2.05) is 28.8 Å². The van der Waals surface area contributed by atoms with Crippen LogP contribution >= 0.6 is 0 Å². The van der Waals surface area contributed by atoms with Crippen molar-refractivity contribution in [3.05, 3.63) is 48.7 Å². The third kappa shape index (κ3) is 2.33. The smallest absolute Gasteiger partial charge is 0.157 e. The van der Waals surface area contributed by atoms with Crippen LogP contribution < -0.4 is 4.90 Å². The highest BCUT2D eigenvalue weighted by atomic mass is 16.3. The molecule has 5 nitrogen and oxygen atoms in total. The highest BCUT2D eigenvalue weighted by Gasteiger charge is 2.20. The summed E-state index contributed by atoms with van der Waals surface area (Å²) in [6, 6.07) is 14.2. The van der Waals surface area contributed by atoms with Crippen molar-refractivity contribution in [2.24, 2.45) is 0 Å².